The molecule has 1 aliphatic rings. The van der Waals surface area contributed by atoms with E-state index in [1.54, 1.807) is 12.1 Å². The highest BCUT2D eigenvalue weighted by molar-refractivity contribution is 5.90. The van der Waals surface area contributed by atoms with Crippen LogP contribution in [0.1, 0.15) is 31.1 Å². The second-order valence-corrected chi connectivity index (χ2v) is 6.04. The minimum atomic E-state index is -0.503. The summed E-state index contributed by atoms with van der Waals surface area (Å²) in [6.07, 6.45) is 0.436. The molecular formula is C16H21NO4. The van der Waals surface area contributed by atoms with E-state index in [-0.39, 0.29) is 12.1 Å². The Morgan fingerprint density at radius 3 is 2.57 bits per heavy atom. The Kier molecular flexibility index (Phi) is 4.63. The summed E-state index contributed by atoms with van der Waals surface area (Å²) in [5.41, 5.74) is 0.989. The molecule has 0 N–H and O–H groups in total. The van der Waals surface area contributed by atoms with Gasteiger partial charge in [-0.05, 0) is 45.0 Å². The van der Waals surface area contributed by atoms with Gasteiger partial charge >= 0.3 is 5.97 Å². The molecule has 5 nitrogen and oxygen atoms in total. The number of ether oxygens (including phenoxy) is 2. The number of carbonyl (C=O) groups excluding carboxylic acids is 2. The van der Waals surface area contributed by atoms with Crippen LogP contribution in [-0.4, -0.2) is 43.7 Å². The molecule has 0 aliphatic carbocycles. The van der Waals surface area contributed by atoms with Gasteiger partial charge in [-0.3, -0.25) is 0 Å². The van der Waals surface area contributed by atoms with Crippen molar-refractivity contribution in [2.45, 2.75) is 32.5 Å². The summed E-state index contributed by atoms with van der Waals surface area (Å²) < 4.78 is 10.6. The van der Waals surface area contributed by atoms with Crippen LogP contribution in [0.3, 0.4) is 0 Å². The van der Waals surface area contributed by atoms with Gasteiger partial charge in [0.15, 0.2) is 6.29 Å². The molecule has 5 heteroatoms. The molecule has 1 aliphatic heterocycles. The number of rotatable bonds is 3. The van der Waals surface area contributed by atoms with E-state index in [0.717, 1.165) is 18.5 Å². The Morgan fingerprint density at radius 2 is 2.00 bits per heavy atom. The smallest absolute Gasteiger partial charge is 0.338 e. The normalized spacial score (nSPS) is 19.2. The third kappa shape index (κ3) is 4.29. The lowest BCUT2D eigenvalue weighted by molar-refractivity contribution is -0.118. The monoisotopic (exact) mass is 291 g/mol. The number of esters is 1. The standard InChI is InChI=1S/C16H21NO4/c1-16(2,3)21-15(19)12-4-6-13(7-5-12)17-8-9-20-14(10-17)11-18/h4-7,11,14H,8-10H2,1-3H3/t14-/m0/s1. The average Bonchev–Trinajstić information content (AvgIpc) is 2.46. The summed E-state index contributed by atoms with van der Waals surface area (Å²) in [7, 11) is 0. The van der Waals surface area contributed by atoms with Crippen molar-refractivity contribution < 1.29 is 19.1 Å². The number of morpholine rings is 1. The lowest BCUT2D eigenvalue weighted by atomic mass is 10.1. The first kappa shape index (κ1) is 15.5. The molecule has 1 aromatic carbocycles. The van der Waals surface area contributed by atoms with Gasteiger partial charge in [-0.25, -0.2) is 4.79 Å². The van der Waals surface area contributed by atoms with Gasteiger partial charge in [-0.15, -0.1) is 0 Å². The van der Waals surface area contributed by atoms with Gasteiger partial charge in [-0.2, -0.15) is 0 Å². The fraction of sp³-hybridized carbons (Fsp3) is 0.500. The van der Waals surface area contributed by atoms with Crippen LogP contribution in [-0.2, 0) is 14.3 Å². The van der Waals surface area contributed by atoms with Gasteiger partial charge in [0.25, 0.3) is 0 Å². The summed E-state index contributed by atoms with van der Waals surface area (Å²) in [6.45, 7) is 7.31. The average molecular weight is 291 g/mol. The minimum absolute atomic E-state index is 0.332. The van der Waals surface area contributed by atoms with Crippen molar-refractivity contribution in [3.8, 4) is 0 Å². The van der Waals surface area contributed by atoms with Crippen LogP contribution >= 0.6 is 0 Å². The molecule has 1 heterocycles. The van der Waals surface area contributed by atoms with Gasteiger partial charge in [-0.1, -0.05) is 0 Å². The zero-order valence-corrected chi connectivity index (χ0v) is 12.7. The quantitative estimate of drug-likeness (QED) is 0.630. The van der Waals surface area contributed by atoms with Crippen molar-refractivity contribution in [1.82, 2.24) is 0 Å². The number of hydrogen-bond acceptors (Lipinski definition) is 5. The Bertz CT molecular complexity index is 504. The zero-order chi connectivity index (χ0) is 15.5. The molecule has 2 rings (SSSR count). The van der Waals surface area contributed by atoms with Crippen molar-refractivity contribution in [1.29, 1.82) is 0 Å². The molecule has 1 fully saturated rings. The Morgan fingerprint density at radius 1 is 1.33 bits per heavy atom. The van der Waals surface area contributed by atoms with Crippen molar-refractivity contribution >= 4 is 17.9 Å². The van der Waals surface area contributed by atoms with E-state index in [1.165, 1.54) is 0 Å². The molecule has 21 heavy (non-hydrogen) atoms. The number of benzene rings is 1. The fourth-order valence-corrected chi connectivity index (χ4v) is 2.14. The van der Waals surface area contributed by atoms with Crippen molar-refractivity contribution in [3.63, 3.8) is 0 Å². The topological polar surface area (TPSA) is 55.8 Å². The van der Waals surface area contributed by atoms with Gasteiger partial charge in [0.1, 0.15) is 11.7 Å². The molecule has 114 valence electrons. The van der Waals surface area contributed by atoms with Crippen LogP contribution in [0.5, 0.6) is 0 Å². The summed E-state index contributed by atoms with van der Waals surface area (Å²) in [4.78, 5) is 24.8. The van der Waals surface area contributed by atoms with Crippen LogP contribution in [0.4, 0.5) is 5.69 Å². The Labute approximate surface area is 124 Å². The second-order valence-electron chi connectivity index (χ2n) is 6.04. The lowest BCUT2D eigenvalue weighted by Gasteiger charge is -2.32. The largest absolute Gasteiger partial charge is 0.456 e. The number of carbonyl (C=O) groups is 2. The molecule has 0 radical (unpaired) electrons. The number of nitrogens with zero attached hydrogens (tertiary/aromatic N) is 1. The molecule has 0 amide bonds. The lowest BCUT2D eigenvalue weighted by Crippen LogP contribution is -2.43. The fourth-order valence-electron chi connectivity index (χ4n) is 2.14. The maximum absolute atomic E-state index is 11.9. The van der Waals surface area contributed by atoms with E-state index < -0.39 is 5.60 Å². The molecule has 1 atom stereocenters. The first-order chi connectivity index (χ1) is 9.89. The van der Waals surface area contributed by atoms with Gasteiger partial charge < -0.3 is 19.2 Å². The van der Waals surface area contributed by atoms with E-state index in [2.05, 4.69) is 4.90 Å². The molecule has 0 bridgehead atoms. The summed E-state index contributed by atoms with van der Waals surface area (Å²) in [5, 5.41) is 0. The second kappa shape index (κ2) is 6.26. The highest BCUT2D eigenvalue weighted by Gasteiger charge is 2.21. The molecular weight excluding hydrogens is 270 g/mol. The third-order valence-electron chi connectivity index (χ3n) is 3.11. The SMILES string of the molecule is CC(C)(C)OC(=O)c1ccc(N2CCO[C@H](C=O)C2)cc1. The third-order valence-corrected chi connectivity index (χ3v) is 3.11. The maximum Gasteiger partial charge on any atom is 0.338 e. The summed E-state index contributed by atoms with van der Waals surface area (Å²) >= 11 is 0. The molecule has 0 unspecified atom stereocenters. The van der Waals surface area contributed by atoms with E-state index in [0.29, 0.717) is 18.7 Å². The molecule has 1 aromatic rings. The van der Waals surface area contributed by atoms with E-state index in [9.17, 15) is 9.59 Å². The van der Waals surface area contributed by atoms with Crippen molar-refractivity contribution in [2.24, 2.45) is 0 Å². The molecule has 0 saturated carbocycles. The highest BCUT2D eigenvalue weighted by atomic mass is 16.6. The van der Waals surface area contributed by atoms with Crippen LogP contribution < -0.4 is 4.90 Å². The van der Waals surface area contributed by atoms with Crippen LogP contribution in [0.15, 0.2) is 24.3 Å². The van der Waals surface area contributed by atoms with Gasteiger partial charge in [0.05, 0.1) is 18.7 Å². The Hall–Kier alpha value is -1.88. The first-order valence-electron chi connectivity index (χ1n) is 7.04. The van der Waals surface area contributed by atoms with Crippen LogP contribution in [0.25, 0.3) is 0 Å². The van der Waals surface area contributed by atoms with Crippen LogP contribution in [0.2, 0.25) is 0 Å². The van der Waals surface area contributed by atoms with E-state index >= 15 is 0 Å². The highest BCUT2D eigenvalue weighted by Crippen LogP contribution is 2.19. The number of hydrogen-bond donors (Lipinski definition) is 0. The van der Waals surface area contributed by atoms with E-state index in [4.69, 9.17) is 9.47 Å². The first-order valence-corrected chi connectivity index (χ1v) is 7.04. The zero-order valence-electron chi connectivity index (χ0n) is 12.7. The minimum Gasteiger partial charge on any atom is -0.456 e. The molecule has 0 aromatic heterocycles. The van der Waals surface area contributed by atoms with Gasteiger partial charge in [0, 0.05) is 12.2 Å². The van der Waals surface area contributed by atoms with E-state index in [1.807, 2.05) is 32.9 Å². The number of anilines is 1. The summed E-state index contributed by atoms with van der Waals surface area (Å²) in [5.74, 6) is -0.332. The predicted molar refractivity (Wildman–Crippen MR) is 79.6 cm³/mol. The Balaban J connectivity index is 2.05. The number of aldehydes is 1. The van der Waals surface area contributed by atoms with Crippen molar-refractivity contribution in [2.75, 3.05) is 24.6 Å². The van der Waals surface area contributed by atoms with Crippen molar-refractivity contribution in [3.05, 3.63) is 29.8 Å². The van der Waals surface area contributed by atoms with Gasteiger partial charge in [0.2, 0.25) is 0 Å². The predicted octanol–water partition coefficient (Wildman–Crippen LogP) is 2.05. The van der Waals surface area contributed by atoms with Crippen LogP contribution in [0, 0.1) is 0 Å². The summed E-state index contributed by atoms with van der Waals surface area (Å²) in [6, 6.07) is 7.22. The molecule has 0 spiro atoms. The molecule has 1 saturated heterocycles. The maximum atomic E-state index is 11.9.